The van der Waals surface area contributed by atoms with E-state index in [2.05, 4.69) is 30.9 Å². The maximum absolute atomic E-state index is 13.7. The van der Waals surface area contributed by atoms with Crippen molar-refractivity contribution >= 4 is 23.1 Å². The van der Waals surface area contributed by atoms with E-state index < -0.39 is 11.7 Å². The van der Waals surface area contributed by atoms with Gasteiger partial charge in [-0.1, -0.05) is 0 Å². The Balaban J connectivity index is 1.42. The lowest BCUT2D eigenvalue weighted by atomic mass is 10.2. The Bertz CT molecular complexity index is 1230. The van der Waals surface area contributed by atoms with Crippen LogP contribution in [-0.4, -0.2) is 30.9 Å². The molecule has 2 N–H and O–H groups in total. The van der Waals surface area contributed by atoms with Crippen LogP contribution in [-0.2, 0) is 0 Å². The van der Waals surface area contributed by atoms with Crippen molar-refractivity contribution in [3.05, 3.63) is 83.2 Å². The van der Waals surface area contributed by atoms with Gasteiger partial charge in [-0.2, -0.15) is 5.10 Å². The summed E-state index contributed by atoms with van der Waals surface area (Å²) < 4.78 is 15.4. The minimum atomic E-state index is -0.670. The number of pyridine rings is 1. The monoisotopic (exact) mass is 417 g/mol. The van der Waals surface area contributed by atoms with Gasteiger partial charge >= 0.3 is 0 Å². The lowest BCUT2D eigenvalue weighted by Crippen LogP contribution is -2.13. The summed E-state index contributed by atoms with van der Waals surface area (Å²) in [5.74, 6) is -0.00399. The molecule has 0 fully saturated rings. The molecule has 0 aliphatic rings. The molecular weight excluding hydrogens is 397 g/mol. The standard InChI is InChI=1S/C22H20FN7O/c1-13-14(2)29-30(15(13)3)21-9-8-20(27-28-21)25-16-4-6-17(7-5-16)26-22(31)18-10-11-24-12-19(18)23/h4-12H,1-3H3,(H,25,27)(H,26,31). The van der Waals surface area contributed by atoms with Crippen molar-refractivity contribution in [1.29, 1.82) is 0 Å². The molecule has 0 spiro atoms. The summed E-state index contributed by atoms with van der Waals surface area (Å²) in [5, 5.41) is 18.8. The third-order valence-corrected chi connectivity index (χ3v) is 4.95. The van der Waals surface area contributed by atoms with Crippen molar-refractivity contribution in [3.8, 4) is 5.82 Å². The number of nitrogens with zero attached hydrogens (tertiary/aromatic N) is 5. The SMILES string of the molecule is Cc1nn(-c2ccc(Nc3ccc(NC(=O)c4ccncc4F)cc3)nn2)c(C)c1C. The van der Waals surface area contributed by atoms with Gasteiger partial charge in [0.05, 0.1) is 17.5 Å². The van der Waals surface area contributed by atoms with Crippen LogP contribution in [0.15, 0.2) is 54.9 Å². The van der Waals surface area contributed by atoms with Crippen LogP contribution in [0, 0.1) is 26.6 Å². The molecule has 31 heavy (non-hydrogen) atoms. The molecule has 0 aliphatic carbocycles. The largest absolute Gasteiger partial charge is 0.339 e. The molecule has 0 radical (unpaired) electrons. The minimum absolute atomic E-state index is 0.0645. The first kappa shape index (κ1) is 20.1. The number of amides is 1. The molecule has 1 amide bonds. The summed E-state index contributed by atoms with van der Waals surface area (Å²) in [6.45, 7) is 5.98. The van der Waals surface area contributed by atoms with Crippen molar-refractivity contribution in [2.24, 2.45) is 0 Å². The molecule has 0 saturated heterocycles. The Morgan fingerprint density at radius 3 is 2.32 bits per heavy atom. The van der Waals surface area contributed by atoms with Crippen molar-refractivity contribution < 1.29 is 9.18 Å². The second-order valence-electron chi connectivity index (χ2n) is 7.00. The van der Waals surface area contributed by atoms with Gasteiger partial charge in [-0.15, -0.1) is 10.2 Å². The topological polar surface area (TPSA) is 97.6 Å². The van der Waals surface area contributed by atoms with E-state index in [1.165, 1.54) is 12.3 Å². The minimum Gasteiger partial charge on any atom is -0.339 e. The summed E-state index contributed by atoms with van der Waals surface area (Å²) in [6.07, 6.45) is 2.37. The van der Waals surface area contributed by atoms with Gasteiger partial charge in [0, 0.05) is 23.3 Å². The fourth-order valence-electron chi connectivity index (χ4n) is 2.99. The lowest BCUT2D eigenvalue weighted by Gasteiger charge is -2.09. The number of aryl methyl sites for hydroxylation is 1. The average molecular weight is 417 g/mol. The Kier molecular flexibility index (Phi) is 5.40. The molecule has 0 unspecified atom stereocenters. The molecule has 0 aliphatic heterocycles. The van der Waals surface area contributed by atoms with E-state index in [1.807, 2.05) is 32.9 Å². The van der Waals surface area contributed by atoms with Crippen LogP contribution in [0.2, 0.25) is 0 Å². The number of aromatic nitrogens is 5. The molecule has 3 aromatic heterocycles. The second kappa shape index (κ2) is 8.31. The Morgan fingerprint density at radius 1 is 0.968 bits per heavy atom. The first-order chi connectivity index (χ1) is 14.9. The van der Waals surface area contributed by atoms with Crippen LogP contribution in [0.1, 0.15) is 27.3 Å². The van der Waals surface area contributed by atoms with E-state index in [4.69, 9.17) is 0 Å². The lowest BCUT2D eigenvalue weighted by molar-refractivity contribution is 0.102. The normalized spacial score (nSPS) is 10.7. The molecule has 0 saturated carbocycles. The van der Waals surface area contributed by atoms with Gasteiger partial charge in [-0.05, 0) is 68.8 Å². The van der Waals surface area contributed by atoms with Crippen molar-refractivity contribution in [1.82, 2.24) is 25.0 Å². The zero-order valence-corrected chi connectivity index (χ0v) is 17.2. The van der Waals surface area contributed by atoms with E-state index in [9.17, 15) is 9.18 Å². The summed E-state index contributed by atoms with van der Waals surface area (Å²) >= 11 is 0. The Morgan fingerprint density at radius 2 is 1.71 bits per heavy atom. The number of benzene rings is 1. The molecular formula is C22H20FN7O. The zero-order valence-electron chi connectivity index (χ0n) is 17.2. The highest BCUT2D eigenvalue weighted by atomic mass is 19.1. The highest BCUT2D eigenvalue weighted by molar-refractivity contribution is 6.04. The van der Waals surface area contributed by atoms with E-state index >= 15 is 0 Å². The first-order valence-corrected chi connectivity index (χ1v) is 9.57. The molecule has 156 valence electrons. The number of carbonyl (C=O) groups is 1. The van der Waals surface area contributed by atoms with Gasteiger partial charge < -0.3 is 10.6 Å². The van der Waals surface area contributed by atoms with Crippen LogP contribution in [0.25, 0.3) is 5.82 Å². The van der Waals surface area contributed by atoms with Crippen LogP contribution >= 0.6 is 0 Å². The van der Waals surface area contributed by atoms with Crippen LogP contribution in [0.5, 0.6) is 0 Å². The zero-order chi connectivity index (χ0) is 22.0. The fraction of sp³-hybridized carbons (Fsp3) is 0.136. The fourth-order valence-corrected chi connectivity index (χ4v) is 2.99. The van der Waals surface area contributed by atoms with Crippen molar-refractivity contribution in [3.63, 3.8) is 0 Å². The van der Waals surface area contributed by atoms with Gasteiger partial charge in [-0.3, -0.25) is 9.78 Å². The van der Waals surface area contributed by atoms with Crippen LogP contribution in [0.4, 0.5) is 21.6 Å². The van der Waals surface area contributed by atoms with Gasteiger partial charge in [0.2, 0.25) is 0 Å². The number of halogens is 1. The van der Waals surface area contributed by atoms with Crippen molar-refractivity contribution in [2.45, 2.75) is 20.8 Å². The van der Waals surface area contributed by atoms with Crippen LogP contribution in [0.3, 0.4) is 0 Å². The highest BCUT2D eigenvalue weighted by Gasteiger charge is 2.12. The van der Waals surface area contributed by atoms with E-state index in [-0.39, 0.29) is 5.56 Å². The molecule has 9 heteroatoms. The predicted octanol–water partition coefficient (Wildman–Crippen LogP) is 4.12. The molecule has 8 nitrogen and oxygen atoms in total. The molecule has 3 heterocycles. The summed E-state index contributed by atoms with van der Waals surface area (Å²) in [7, 11) is 0. The van der Waals surface area contributed by atoms with Gasteiger partial charge in [0.15, 0.2) is 17.5 Å². The maximum atomic E-state index is 13.7. The summed E-state index contributed by atoms with van der Waals surface area (Å²) in [6, 6.07) is 12.0. The quantitative estimate of drug-likeness (QED) is 0.507. The number of hydrogen-bond acceptors (Lipinski definition) is 6. The Hall–Kier alpha value is -4.14. The molecule has 4 rings (SSSR count). The van der Waals surface area contributed by atoms with E-state index in [0.29, 0.717) is 17.3 Å². The van der Waals surface area contributed by atoms with E-state index in [0.717, 1.165) is 28.8 Å². The first-order valence-electron chi connectivity index (χ1n) is 9.57. The number of rotatable bonds is 5. The second-order valence-corrected chi connectivity index (χ2v) is 7.00. The third kappa shape index (κ3) is 4.25. The molecule has 0 atom stereocenters. The number of anilines is 3. The molecule has 4 aromatic rings. The van der Waals surface area contributed by atoms with Crippen molar-refractivity contribution in [2.75, 3.05) is 10.6 Å². The van der Waals surface area contributed by atoms with Gasteiger partial charge in [0.25, 0.3) is 5.91 Å². The number of hydrogen-bond donors (Lipinski definition) is 2. The van der Waals surface area contributed by atoms with Gasteiger partial charge in [0.1, 0.15) is 0 Å². The molecule has 1 aromatic carbocycles. The van der Waals surface area contributed by atoms with Gasteiger partial charge in [-0.25, -0.2) is 9.07 Å². The van der Waals surface area contributed by atoms with E-state index in [1.54, 1.807) is 28.9 Å². The third-order valence-electron chi connectivity index (χ3n) is 4.95. The summed E-state index contributed by atoms with van der Waals surface area (Å²) in [5.41, 5.74) is 4.34. The molecule has 0 bridgehead atoms. The number of carbonyl (C=O) groups excluding carboxylic acids is 1. The highest BCUT2D eigenvalue weighted by Crippen LogP contribution is 2.20. The summed E-state index contributed by atoms with van der Waals surface area (Å²) in [4.78, 5) is 15.8. The van der Waals surface area contributed by atoms with Crippen LogP contribution < -0.4 is 10.6 Å². The predicted molar refractivity (Wildman–Crippen MR) is 115 cm³/mol. The number of nitrogens with one attached hydrogen (secondary N) is 2. The average Bonchev–Trinajstić information content (AvgIpc) is 3.03. The maximum Gasteiger partial charge on any atom is 0.258 e. The Labute approximate surface area is 178 Å². The smallest absolute Gasteiger partial charge is 0.258 e.